The van der Waals surface area contributed by atoms with Gasteiger partial charge in [0.15, 0.2) is 0 Å². The number of hydrogen-bond donors (Lipinski definition) is 2. The number of halogens is 1. The largest absolute Gasteiger partial charge is 0.346 e. The molecule has 1 fully saturated rings. The Labute approximate surface area is 94.0 Å². The predicted octanol–water partition coefficient (Wildman–Crippen LogP) is 1.12. The van der Waals surface area contributed by atoms with E-state index in [9.17, 15) is 9.18 Å². The van der Waals surface area contributed by atoms with E-state index < -0.39 is 6.17 Å². The monoisotopic (exact) mass is 222 g/mol. The maximum Gasteiger partial charge on any atom is 0.251 e. The Hall–Kier alpha value is -1.42. The quantitative estimate of drug-likeness (QED) is 0.787. The molecule has 2 N–H and O–H groups in total. The molecule has 0 unspecified atom stereocenters. The molecule has 1 aliphatic rings. The second-order valence-corrected chi connectivity index (χ2v) is 3.95. The van der Waals surface area contributed by atoms with Crippen molar-refractivity contribution in [2.24, 2.45) is 0 Å². The molecule has 3 nitrogen and oxygen atoms in total. The van der Waals surface area contributed by atoms with E-state index in [1.807, 2.05) is 6.07 Å². The molecule has 2 rings (SSSR count). The van der Waals surface area contributed by atoms with Gasteiger partial charge in [-0.05, 0) is 25.1 Å². The lowest BCUT2D eigenvalue weighted by Crippen LogP contribution is -2.50. The third kappa shape index (κ3) is 2.58. The number of alkyl halides is 1. The smallest absolute Gasteiger partial charge is 0.251 e. The Morgan fingerprint density at radius 2 is 2.12 bits per heavy atom. The van der Waals surface area contributed by atoms with Gasteiger partial charge in [0, 0.05) is 12.1 Å². The summed E-state index contributed by atoms with van der Waals surface area (Å²) in [6.45, 7) is 1.07. The molecule has 1 heterocycles. The van der Waals surface area contributed by atoms with Gasteiger partial charge >= 0.3 is 0 Å². The van der Waals surface area contributed by atoms with Crippen LogP contribution >= 0.6 is 0 Å². The summed E-state index contributed by atoms with van der Waals surface area (Å²) in [5.74, 6) is -0.199. The van der Waals surface area contributed by atoms with E-state index in [0.717, 1.165) is 6.54 Å². The molecule has 4 heteroatoms. The Kier molecular flexibility index (Phi) is 3.51. The molecular formula is C12H15FN2O. The summed E-state index contributed by atoms with van der Waals surface area (Å²) < 4.78 is 13.4. The van der Waals surface area contributed by atoms with Crippen molar-refractivity contribution in [1.82, 2.24) is 10.6 Å². The summed E-state index contributed by atoms with van der Waals surface area (Å²) in [5, 5.41) is 5.68. The number of benzene rings is 1. The lowest BCUT2D eigenvalue weighted by atomic mass is 10.0. The van der Waals surface area contributed by atoms with E-state index in [1.165, 1.54) is 0 Å². The molecule has 0 radical (unpaired) electrons. The van der Waals surface area contributed by atoms with Crippen molar-refractivity contribution in [3.05, 3.63) is 35.9 Å². The van der Waals surface area contributed by atoms with Gasteiger partial charge in [-0.15, -0.1) is 0 Å². The van der Waals surface area contributed by atoms with Crippen molar-refractivity contribution in [3.63, 3.8) is 0 Å². The molecule has 1 amide bonds. The first-order valence-electron chi connectivity index (χ1n) is 5.48. The van der Waals surface area contributed by atoms with Crippen LogP contribution < -0.4 is 10.6 Å². The number of hydrogen-bond acceptors (Lipinski definition) is 2. The average Bonchev–Trinajstić information content (AvgIpc) is 2.33. The fourth-order valence-electron chi connectivity index (χ4n) is 1.82. The van der Waals surface area contributed by atoms with Crippen molar-refractivity contribution in [2.75, 3.05) is 13.1 Å². The fraction of sp³-hybridized carbons (Fsp3) is 0.417. The molecule has 1 aliphatic heterocycles. The second-order valence-electron chi connectivity index (χ2n) is 3.95. The minimum Gasteiger partial charge on any atom is -0.346 e. The van der Waals surface area contributed by atoms with Crippen molar-refractivity contribution >= 4 is 5.91 Å². The third-order valence-electron chi connectivity index (χ3n) is 2.76. The Balaban J connectivity index is 1.96. The molecule has 0 spiro atoms. The summed E-state index contributed by atoms with van der Waals surface area (Å²) in [6, 6.07) is 8.52. The van der Waals surface area contributed by atoms with Crippen LogP contribution in [0.15, 0.2) is 30.3 Å². The Morgan fingerprint density at radius 3 is 2.81 bits per heavy atom. The molecule has 16 heavy (non-hydrogen) atoms. The minimum atomic E-state index is -0.999. The van der Waals surface area contributed by atoms with Crippen molar-refractivity contribution in [1.29, 1.82) is 0 Å². The van der Waals surface area contributed by atoms with Crippen LogP contribution in [0, 0.1) is 0 Å². The number of piperidine rings is 1. The molecule has 1 saturated heterocycles. The number of carbonyl (C=O) groups excluding carboxylic acids is 1. The third-order valence-corrected chi connectivity index (χ3v) is 2.76. The molecular weight excluding hydrogens is 207 g/mol. The van der Waals surface area contributed by atoms with Gasteiger partial charge in [-0.3, -0.25) is 4.79 Å². The maximum atomic E-state index is 13.4. The van der Waals surface area contributed by atoms with E-state index in [0.29, 0.717) is 18.5 Å². The van der Waals surface area contributed by atoms with E-state index in [1.54, 1.807) is 24.3 Å². The zero-order chi connectivity index (χ0) is 11.4. The summed E-state index contributed by atoms with van der Waals surface area (Å²) in [6.07, 6.45) is -0.360. The van der Waals surface area contributed by atoms with Crippen molar-refractivity contribution < 1.29 is 9.18 Å². The molecule has 0 aromatic heterocycles. The van der Waals surface area contributed by atoms with Gasteiger partial charge in [0.25, 0.3) is 5.91 Å². The van der Waals surface area contributed by atoms with E-state index in [2.05, 4.69) is 10.6 Å². The van der Waals surface area contributed by atoms with Crippen LogP contribution in [0.5, 0.6) is 0 Å². The first-order chi connectivity index (χ1) is 7.77. The number of carbonyl (C=O) groups is 1. The van der Waals surface area contributed by atoms with E-state index in [4.69, 9.17) is 0 Å². The van der Waals surface area contributed by atoms with Gasteiger partial charge < -0.3 is 10.6 Å². The highest BCUT2D eigenvalue weighted by molar-refractivity contribution is 5.94. The van der Waals surface area contributed by atoms with Crippen LogP contribution in [0.25, 0.3) is 0 Å². The topological polar surface area (TPSA) is 41.1 Å². The van der Waals surface area contributed by atoms with Gasteiger partial charge in [0.05, 0.1) is 6.04 Å². The molecule has 2 atom stereocenters. The summed E-state index contributed by atoms with van der Waals surface area (Å²) in [7, 11) is 0. The summed E-state index contributed by atoms with van der Waals surface area (Å²) in [4.78, 5) is 11.8. The van der Waals surface area contributed by atoms with Crippen LogP contribution in [0.2, 0.25) is 0 Å². The molecule has 1 aromatic carbocycles. The van der Waals surface area contributed by atoms with Gasteiger partial charge in [0.2, 0.25) is 0 Å². The van der Waals surface area contributed by atoms with Gasteiger partial charge in [0.1, 0.15) is 6.17 Å². The molecule has 0 saturated carbocycles. The Bertz CT molecular complexity index is 355. The zero-order valence-corrected chi connectivity index (χ0v) is 8.95. The highest BCUT2D eigenvalue weighted by Crippen LogP contribution is 2.08. The molecule has 1 aromatic rings. The maximum absolute atomic E-state index is 13.4. The number of nitrogens with one attached hydrogen (secondary N) is 2. The molecule has 0 bridgehead atoms. The molecule has 0 aliphatic carbocycles. The van der Waals surface area contributed by atoms with Crippen LogP contribution in [-0.2, 0) is 0 Å². The second kappa shape index (κ2) is 5.07. The first-order valence-corrected chi connectivity index (χ1v) is 5.48. The lowest BCUT2D eigenvalue weighted by molar-refractivity contribution is 0.0892. The lowest BCUT2D eigenvalue weighted by Gasteiger charge is -2.27. The van der Waals surface area contributed by atoms with Crippen LogP contribution in [0.3, 0.4) is 0 Å². The normalized spacial score (nSPS) is 25.1. The van der Waals surface area contributed by atoms with Gasteiger partial charge in [-0.25, -0.2) is 4.39 Å². The number of amides is 1. The number of rotatable bonds is 2. The fourth-order valence-corrected chi connectivity index (χ4v) is 1.82. The minimum absolute atomic E-state index is 0.199. The van der Waals surface area contributed by atoms with Crippen LogP contribution in [0.4, 0.5) is 4.39 Å². The van der Waals surface area contributed by atoms with E-state index >= 15 is 0 Å². The SMILES string of the molecule is O=C(N[C@@H]1CCNC[C@@H]1F)c1ccccc1. The average molecular weight is 222 g/mol. The predicted molar refractivity (Wildman–Crippen MR) is 60.1 cm³/mol. The summed E-state index contributed by atoms with van der Waals surface area (Å²) in [5.41, 5.74) is 0.577. The van der Waals surface area contributed by atoms with Crippen molar-refractivity contribution in [3.8, 4) is 0 Å². The Morgan fingerprint density at radius 1 is 1.38 bits per heavy atom. The van der Waals surface area contributed by atoms with Crippen LogP contribution in [-0.4, -0.2) is 31.2 Å². The first kappa shape index (κ1) is 11.1. The van der Waals surface area contributed by atoms with Crippen molar-refractivity contribution in [2.45, 2.75) is 18.6 Å². The van der Waals surface area contributed by atoms with Gasteiger partial charge in [-0.2, -0.15) is 0 Å². The highest BCUT2D eigenvalue weighted by atomic mass is 19.1. The van der Waals surface area contributed by atoms with Gasteiger partial charge in [-0.1, -0.05) is 18.2 Å². The standard InChI is InChI=1S/C12H15FN2O/c13-10-8-14-7-6-11(10)15-12(16)9-4-2-1-3-5-9/h1-5,10-11,14H,6-8H2,(H,15,16)/t10-,11+/m0/s1. The molecule has 86 valence electrons. The van der Waals surface area contributed by atoms with Crippen LogP contribution in [0.1, 0.15) is 16.8 Å². The highest BCUT2D eigenvalue weighted by Gasteiger charge is 2.25. The summed E-state index contributed by atoms with van der Waals surface area (Å²) >= 11 is 0. The zero-order valence-electron chi connectivity index (χ0n) is 8.95. The van der Waals surface area contributed by atoms with E-state index in [-0.39, 0.29) is 11.9 Å².